The minimum atomic E-state index is -0.227. The Kier molecular flexibility index (Phi) is 2.18. The summed E-state index contributed by atoms with van der Waals surface area (Å²) in [6, 6.07) is 12.3. The number of imidazole rings is 1. The highest BCUT2D eigenvalue weighted by Gasteiger charge is 2.09. The monoisotopic (exact) mass is 226 g/mol. The zero-order chi connectivity index (χ0) is 11.8. The predicted octanol–water partition coefficient (Wildman–Crippen LogP) is 3.45. The van der Waals surface area contributed by atoms with Gasteiger partial charge in [-0.15, -0.1) is 0 Å². The molecular weight excluding hydrogens is 215 g/mol. The lowest BCUT2D eigenvalue weighted by molar-refractivity contribution is 0.628. The van der Waals surface area contributed by atoms with Crippen LogP contribution in [0, 0.1) is 12.7 Å². The van der Waals surface area contributed by atoms with Gasteiger partial charge in [-0.25, -0.2) is 9.37 Å². The second-order valence-electron chi connectivity index (χ2n) is 3.98. The number of halogens is 1. The fourth-order valence-electron chi connectivity index (χ4n) is 2.00. The van der Waals surface area contributed by atoms with E-state index in [0.717, 1.165) is 22.6 Å². The van der Waals surface area contributed by atoms with Gasteiger partial charge in [0, 0.05) is 17.5 Å². The number of hydrogen-bond donors (Lipinski definition) is 0. The van der Waals surface area contributed by atoms with E-state index in [2.05, 4.69) is 4.98 Å². The molecule has 0 spiro atoms. The van der Waals surface area contributed by atoms with E-state index < -0.39 is 0 Å². The van der Waals surface area contributed by atoms with Crippen molar-refractivity contribution in [2.75, 3.05) is 0 Å². The van der Waals surface area contributed by atoms with Crippen LogP contribution in [0.4, 0.5) is 4.39 Å². The third-order valence-corrected chi connectivity index (χ3v) is 2.89. The van der Waals surface area contributed by atoms with Gasteiger partial charge in [0.2, 0.25) is 0 Å². The quantitative estimate of drug-likeness (QED) is 0.621. The van der Waals surface area contributed by atoms with Gasteiger partial charge in [0.15, 0.2) is 0 Å². The van der Waals surface area contributed by atoms with E-state index in [4.69, 9.17) is 0 Å². The number of aryl methyl sites for hydroxylation is 1. The highest BCUT2D eigenvalue weighted by atomic mass is 19.1. The molecule has 1 aromatic carbocycles. The van der Waals surface area contributed by atoms with Gasteiger partial charge in [-0.05, 0) is 43.3 Å². The number of aromatic nitrogens is 2. The molecule has 0 atom stereocenters. The van der Waals surface area contributed by atoms with Gasteiger partial charge in [0.1, 0.15) is 11.5 Å². The van der Waals surface area contributed by atoms with E-state index in [9.17, 15) is 4.39 Å². The van der Waals surface area contributed by atoms with Crippen molar-refractivity contribution in [1.29, 1.82) is 0 Å². The van der Waals surface area contributed by atoms with E-state index in [1.54, 1.807) is 12.1 Å². The van der Waals surface area contributed by atoms with Crippen molar-refractivity contribution >= 4 is 5.65 Å². The largest absolute Gasteiger partial charge is 0.304 e. The maximum atomic E-state index is 12.9. The topological polar surface area (TPSA) is 17.3 Å². The standard InChI is InChI=1S/C14H11FN2/c1-10-14(11-5-7-12(15)8-6-11)16-13-4-2-3-9-17(10)13/h2-9H,1H3. The van der Waals surface area contributed by atoms with Crippen LogP contribution in [0.2, 0.25) is 0 Å². The third-order valence-electron chi connectivity index (χ3n) is 2.89. The Balaban J connectivity index is 2.24. The number of nitrogens with zero attached hydrogens (tertiary/aromatic N) is 2. The highest BCUT2D eigenvalue weighted by molar-refractivity contribution is 5.66. The van der Waals surface area contributed by atoms with Crippen LogP contribution >= 0.6 is 0 Å². The predicted molar refractivity (Wildman–Crippen MR) is 65.3 cm³/mol. The molecule has 0 aliphatic rings. The van der Waals surface area contributed by atoms with Crippen LogP contribution in [0.5, 0.6) is 0 Å². The van der Waals surface area contributed by atoms with Crippen LogP contribution in [-0.2, 0) is 0 Å². The lowest BCUT2D eigenvalue weighted by atomic mass is 10.1. The summed E-state index contributed by atoms with van der Waals surface area (Å²) in [6.45, 7) is 2.01. The number of hydrogen-bond acceptors (Lipinski definition) is 1. The van der Waals surface area contributed by atoms with E-state index in [-0.39, 0.29) is 5.82 Å². The second-order valence-corrected chi connectivity index (χ2v) is 3.98. The zero-order valence-electron chi connectivity index (χ0n) is 9.39. The Labute approximate surface area is 98.4 Å². The summed E-state index contributed by atoms with van der Waals surface area (Å²) in [5.41, 5.74) is 3.81. The molecule has 0 saturated carbocycles. The Morgan fingerprint density at radius 2 is 1.82 bits per heavy atom. The highest BCUT2D eigenvalue weighted by Crippen LogP contribution is 2.23. The molecule has 0 unspecified atom stereocenters. The first-order valence-corrected chi connectivity index (χ1v) is 5.45. The minimum Gasteiger partial charge on any atom is -0.304 e. The minimum absolute atomic E-state index is 0.227. The lowest BCUT2D eigenvalue weighted by Crippen LogP contribution is -1.86. The van der Waals surface area contributed by atoms with Crippen molar-refractivity contribution in [3.8, 4) is 11.3 Å². The Morgan fingerprint density at radius 1 is 1.06 bits per heavy atom. The first-order chi connectivity index (χ1) is 8.25. The van der Waals surface area contributed by atoms with Crippen LogP contribution in [0.1, 0.15) is 5.69 Å². The summed E-state index contributed by atoms with van der Waals surface area (Å²) < 4.78 is 14.9. The molecular formula is C14H11FN2. The van der Waals surface area contributed by atoms with E-state index in [1.165, 1.54) is 12.1 Å². The normalized spacial score (nSPS) is 10.9. The van der Waals surface area contributed by atoms with Gasteiger partial charge in [0.25, 0.3) is 0 Å². The SMILES string of the molecule is Cc1c(-c2ccc(F)cc2)nc2ccccn12. The molecule has 84 valence electrons. The van der Waals surface area contributed by atoms with Gasteiger partial charge in [0.05, 0.1) is 5.69 Å². The Hall–Kier alpha value is -2.16. The summed E-state index contributed by atoms with van der Waals surface area (Å²) in [5, 5.41) is 0. The van der Waals surface area contributed by atoms with Gasteiger partial charge in [-0.3, -0.25) is 0 Å². The van der Waals surface area contributed by atoms with Crippen LogP contribution in [0.25, 0.3) is 16.9 Å². The number of fused-ring (bicyclic) bond motifs is 1. The summed E-state index contributed by atoms with van der Waals surface area (Å²) in [5.74, 6) is -0.227. The van der Waals surface area contributed by atoms with Crippen molar-refractivity contribution in [3.05, 3.63) is 60.2 Å². The fourth-order valence-corrected chi connectivity index (χ4v) is 2.00. The average Bonchev–Trinajstić information content (AvgIpc) is 2.69. The molecule has 17 heavy (non-hydrogen) atoms. The second kappa shape index (κ2) is 3.70. The summed E-state index contributed by atoms with van der Waals surface area (Å²) in [7, 11) is 0. The van der Waals surface area contributed by atoms with Gasteiger partial charge in [-0.1, -0.05) is 6.07 Å². The average molecular weight is 226 g/mol. The first kappa shape index (κ1) is 10.0. The summed E-state index contributed by atoms with van der Waals surface area (Å²) >= 11 is 0. The van der Waals surface area contributed by atoms with Gasteiger partial charge >= 0.3 is 0 Å². The molecule has 2 aromatic heterocycles. The molecule has 2 nitrogen and oxygen atoms in total. The van der Waals surface area contributed by atoms with E-state index in [0.29, 0.717) is 0 Å². The maximum absolute atomic E-state index is 12.9. The van der Waals surface area contributed by atoms with Gasteiger partial charge < -0.3 is 4.40 Å². The fraction of sp³-hybridized carbons (Fsp3) is 0.0714. The van der Waals surface area contributed by atoms with Crippen molar-refractivity contribution in [1.82, 2.24) is 9.38 Å². The van der Waals surface area contributed by atoms with Gasteiger partial charge in [-0.2, -0.15) is 0 Å². The van der Waals surface area contributed by atoms with Crippen molar-refractivity contribution in [2.24, 2.45) is 0 Å². The lowest BCUT2D eigenvalue weighted by Gasteiger charge is -1.99. The molecule has 0 radical (unpaired) electrons. The van der Waals surface area contributed by atoms with Crippen LogP contribution in [0.15, 0.2) is 48.7 Å². The molecule has 3 rings (SSSR count). The molecule has 0 N–H and O–H groups in total. The molecule has 0 aliphatic heterocycles. The molecule has 0 saturated heterocycles. The smallest absolute Gasteiger partial charge is 0.137 e. The number of pyridine rings is 1. The summed E-state index contributed by atoms with van der Waals surface area (Å²) in [6.07, 6.45) is 1.98. The molecule has 0 aliphatic carbocycles. The van der Waals surface area contributed by atoms with Crippen LogP contribution in [0.3, 0.4) is 0 Å². The molecule has 0 bridgehead atoms. The molecule has 0 amide bonds. The van der Waals surface area contributed by atoms with Crippen LogP contribution < -0.4 is 0 Å². The third kappa shape index (κ3) is 1.60. The molecule has 0 fully saturated rings. The zero-order valence-corrected chi connectivity index (χ0v) is 9.39. The Morgan fingerprint density at radius 3 is 2.53 bits per heavy atom. The van der Waals surface area contributed by atoms with E-state index in [1.807, 2.05) is 35.7 Å². The summed E-state index contributed by atoms with van der Waals surface area (Å²) in [4.78, 5) is 4.55. The van der Waals surface area contributed by atoms with Crippen molar-refractivity contribution in [2.45, 2.75) is 6.92 Å². The Bertz CT molecular complexity index is 668. The maximum Gasteiger partial charge on any atom is 0.137 e. The number of benzene rings is 1. The van der Waals surface area contributed by atoms with E-state index >= 15 is 0 Å². The number of rotatable bonds is 1. The van der Waals surface area contributed by atoms with Crippen molar-refractivity contribution in [3.63, 3.8) is 0 Å². The molecule has 3 aromatic rings. The first-order valence-electron chi connectivity index (χ1n) is 5.45. The molecule has 3 heteroatoms. The van der Waals surface area contributed by atoms with Crippen LogP contribution in [-0.4, -0.2) is 9.38 Å². The molecule has 2 heterocycles. The van der Waals surface area contributed by atoms with Crippen molar-refractivity contribution < 1.29 is 4.39 Å².